The average molecular weight is 793 g/mol. The zero-order chi connectivity index (χ0) is 41.3. The average Bonchev–Trinajstić information content (AvgIpc) is 3.14. The van der Waals surface area contributed by atoms with Crippen molar-refractivity contribution in [3.05, 3.63) is 95.4 Å². The highest BCUT2D eigenvalue weighted by atomic mass is 32.2. The number of rotatable bonds is 22. The molecule has 0 aliphatic carbocycles. The molecule has 3 rings (SSSR count). The minimum atomic E-state index is -3.61. The normalized spacial score (nSPS) is 13.7. The van der Waals surface area contributed by atoms with E-state index in [0.717, 1.165) is 33.6 Å². The number of ketones is 1. The van der Waals surface area contributed by atoms with Gasteiger partial charge in [-0.05, 0) is 41.7 Å². The zero-order valence-corrected chi connectivity index (χ0v) is 33.3. The highest BCUT2D eigenvalue weighted by Gasteiger charge is 2.34. The van der Waals surface area contributed by atoms with Crippen LogP contribution in [-0.2, 0) is 65.8 Å². The van der Waals surface area contributed by atoms with Crippen molar-refractivity contribution in [3.8, 4) is 0 Å². The maximum Gasteiger partial charge on any atom is 0.308 e. The smallest absolute Gasteiger partial charge is 0.308 e. The van der Waals surface area contributed by atoms with E-state index >= 15 is 0 Å². The van der Waals surface area contributed by atoms with Crippen LogP contribution in [0.2, 0.25) is 0 Å². The van der Waals surface area contributed by atoms with Gasteiger partial charge >= 0.3 is 17.9 Å². The Morgan fingerprint density at radius 1 is 0.696 bits per heavy atom. The van der Waals surface area contributed by atoms with Crippen molar-refractivity contribution in [2.45, 2.75) is 78.5 Å². The van der Waals surface area contributed by atoms with Crippen LogP contribution >= 0.6 is 0 Å². The molecule has 4 atom stereocenters. The molecular weight excluding hydrogens is 741 g/mol. The van der Waals surface area contributed by atoms with Crippen LogP contribution in [0, 0.1) is 17.8 Å². The van der Waals surface area contributed by atoms with E-state index in [1.54, 1.807) is 52.0 Å². The Morgan fingerprint density at radius 3 is 1.91 bits per heavy atom. The van der Waals surface area contributed by atoms with Crippen molar-refractivity contribution in [1.82, 2.24) is 10.6 Å². The van der Waals surface area contributed by atoms with Crippen molar-refractivity contribution >= 4 is 56.1 Å². The molecule has 0 heterocycles. The predicted molar refractivity (Wildman–Crippen MR) is 210 cm³/mol. The number of Topliss-reactive ketones (excluding diaryl/α,β-unsaturated/α-hetero) is 1. The molecule has 0 saturated heterocycles. The maximum atomic E-state index is 14.3. The van der Waals surface area contributed by atoms with E-state index in [4.69, 9.17) is 14.2 Å². The van der Waals surface area contributed by atoms with Gasteiger partial charge in [0.15, 0.2) is 15.6 Å². The Kier molecular flexibility index (Phi) is 17.9. The minimum absolute atomic E-state index is 0.0194. The molecule has 0 saturated carbocycles. The molecule has 2 N–H and O–H groups in total. The highest BCUT2D eigenvalue weighted by molar-refractivity contribution is 7.93. The van der Waals surface area contributed by atoms with E-state index in [-0.39, 0.29) is 39.1 Å². The summed E-state index contributed by atoms with van der Waals surface area (Å²) in [5.41, 5.74) is 1.47. The van der Waals surface area contributed by atoms with Crippen molar-refractivity contribution in [3.63, 3.8) is 0 Å². The minimum Gasteiger partial charge on any atom is -0.466 e. The number of sulfone groups is 1. The monoisotopic (exact) mass is 792 g/mol. The summed E-state index contributed by atoms with van der Waals surface area (Å²) in [5.74, 6) is -6.58. The van der Waals surface area contributed by atoms with Gasteiger partial charge in [0.2, 0.25) is 11.8 Å². The van der Waals surface area contributed by atoms with Crippen LogP contribution in [0.15, 0.2) is 84.3 Å². The van der Waals surface area contributed by atoms with Gasteiger partial charge in [-0.1, -0.05) is 92.7 Å². The van der Waals surface area contributed by atoms with Crippen LogP contribution in [0.5, 0.6) is 0 Å². The van der Waals surface area contributed by atoms with E-state index in [1.165, 1.54) is 6.08 Å². The van der Waals surface area contributed by atoms with E-state index in [9.17, 15) is 37.2 Å². The van der Waals surface area contributed by atoms with Crippen molar-refractivity contribution in [1.29, 1.82) is 0 Å². The summed E-state index contributed by atoms with van der Waals surface area (Å²) in [5, 5.41) is 8.09. The molecule has 0 aliphatic rings. The van der Waals surface area contributed by atoms with Gasteiger partial charge in [0.05, 0.1) is 50.5 Å². The number of esters is 3. The second-order valence-corrected chi connectivity index (χ2v) is 15.7. The quantitative estimate of drug-likeness (QED) is 0.105. The van der Waals surface area contributed by atoms with Crippen molar-refractivity contribution in [2.24, 2.45) is 17.8 Å². The predicted octanol–water partition coefficient (Wildman–Crippen LogP) is 4.80. The summed E-state index contributed by atoms with van der Waals surface area (Å²) in [6, 6.07) is 19.8. The molecule has 3 aromatic rings. The first-order chi connectivity index (χ1) is 26.6. The summed E-state index contributed by atoms with van der Waals surface area (Å²) >= 11 is 0. The first-order valence-electron chi connectivity index (χ1n) is 18.6. The van der Waals surface area contributed by atoms with E-state index in [1.807, 2.05) is 48.5 Å². The molecule has 302 valence electrons. The highest BCUT2D eigenvalue weighted by Crippen LogP contribution is 2.24. The lowest BCUT2D eigenvalue weighted by molar-refractivity contribution is -0.151. The number of amides is 2. The van der Waals surface area contributed by atoms with Crippen molar-refractivity contribution in [2.75, 3.05) is 19.5 Å². The van der Waals surface area contributed by atoms with E-state index in [2.05, 4.69) is 10.6 Å². The van der Waals surface area contributed by atoms with Crippen LogP contribution < -0.4 is 10.6 Å². The molecule has 0 bridgehead atoms. The lowest BCUT2D eigenvalue weighted by Gasteiger charge is -2.26. The number of hydrogen-bond donors (Lipinski definition) is 2. The van der Waals surface area contributed by atoms with Gasteiger partial charge < -0.3 is 24.8 Å². The van der Waals surface area contributed by atoms with E-state index < -0.39 is 88.0 Å². The largest absolute Gasteiger partial charge is 0.466 e. The third kappa shape index (κ3) is 15.4. The molecule has 56 heavy (non-hydrogen) atoms. The molecule has 0 spiro atoms. The maximum absolute atomic E-state index is 14.3. The Balaban J connectivity index is 1.93. The summed E-state index contributed by atoms with van der Waals surface area (Å²) in [7, 11) is -3.61. The number of nitrogens with one attached hydrogen (secondary N) is 2. The Hall–Kier alpha value is -5.37. The molecule has 0 radical (unpaired) electrons. The molecular formula is C42H52N2O11S. The van der Waals surface area contributed by atoms with Crippen LogP contribution in [0.3, 0.4) is 0 Å². The van der Waals surface area contributed by atoms with Crippen LogP contribution in [0.25, 0.3) is 10.8 Å². The molecule has 2 amide bonds. The van der Waals surface area contributed by atoms with Gasteiger partial charge in [-0.2, -0.15) is 0 Å². The summed E-state index contributed by atoms with van der Waals surface area (Å²) in [6.07, 6.45) is 0.564. The van der Waals surface area contributed by atoms with Gasteiger partial charge in [0.1, 0.15) is 6.61 Å². The Bertz CT molecular complexity index is 1960. The van der Waals surface area contributed by atoms with Gasteiger partial charge in [-0.3, -0.25) is 28.8 Å². The molecule has 0 aromatic heterocycles. The van der Waals surface area contributed by atoms with Crippen molar-refractivity contribution < 1.29 is 51.4 Å². The molecule has 0 unspecified atom stereocenters. The molecule has 14 heteroatoms. The number of carbonyl (C=O) groups excluding carboxylic acids is 6. The second-order valence-electron chi connectivity index (χ2n) is 13.8. The Labute approximate surface area is 328 Å². The molecule has 0 fully saturated rings. The van der Waals surface area contributed by atoms with E-state index in [0.29, 0.717) is 0 Å². The van der Waals surface area contributed by atoms with Gasteiger partial charge in [0, 0.05) is 30.4 Å². The first kappa shape index (κ1) is 45.0. The molecule has 0 aliphatic heterocycles. The fraction of sp³-hybridized carbons (Fsp3) is 0.429. The number of benzene rings is 3. The summed E-state index contributed by atoms with van der Waals surface area (Å²) < 4.78 is 39.2. The third-order valence-corrected chi connectivity index (χ3v) is 9.55. The van der Waals surface area contributed by atoms with Crippen LogP contribution in [0.4, 0.5) is 0 Å². The second kappa shape index (κ2) is 22.2. The standard InChI is InChI=1S/C42H52N2O11S/c1-6-53-38(46)23-32(24-39(47)55-27-29-14-9-8-10-15-29)41(49)44-36(22-31-18-13-17-30-16-11-12-19-34(30)31)37(45)26-35(28(3)4)42(50)43-33(20-21-56(5,51)52)25-40(48)54-7-2/h8-21,28,32-33,35-36H,6-7,22-27H2,1-5H3,(H,43,50)(H,44,49)/b21-20+/t32-,33-,35+,36+/m1/s1. The van der Waals surface area contributed by atoms with Gasteiger partial charge in [-0.15, -0.1) is 0 Å². The third-order valence-electron chi connectivity index (χ3n) is 8.89. The topological polar surface area (TPSA) is 188 Å². The van der Waals surface area contributed by atoms with Crippen LogP contribution in [-0.4, -0.2) is 75.5 Å². The number of carbonyl (C=O) groups is 6. The fourth-order valence-corrected chi connectivity index (χ4v) is 6.46. The lowest BCUT2D eigenvalue weighted by Crippen LogP contribution is -2.48. The SMILES string of the molecule is CCOC(=O)C[C@H](CC(=O)OCc1ccccc1)C(=O)N[C@@H](Cc1cccc2ccccc12)C(=O)C[C@H](C(=O)N[C@H](/C=C/S(C)(=O)=O)CC(=O)OCC)C(C)C. The van der Waals surface area contributed by atoms with Crippen LogP contribution in [0.1, 0.15) is 64.5 Å². The number of hydrogen-bond acceptors (Lipinski definition) is 11. The number of ether oxygens (including phenoxy) is 3. The Morgan fingerprint density at radius 2 is 1.29 bits per heavy atom. The summed E-state index contributed by atoms with van der Waals surface area (Å²) in [6.45, 7) is 6.79. The number of fused-ring (bicyclic) bond motifs is 1. The molecule has 13 nitrogen and oxygen atoms in total. The fourth-order valence-electron chi connectivity index (χ4n) is 5.99. The lowest BCUT2D eigenvalue weighted by atomic mass is 9.86. The van der Waals surface area contributed by atoms with Gasteiger partial charge in [-0.25, -0.2) is 8.42 Å². The molecule has 3 aromatic carbocycles. The summed E-state index contributed by atoms with van der Waals surface area (Å²) in [4.78, 5) is 80.0. The van der Waals surface area contributed by atoms with Gasteiger partial charge in [0.25, 0.3) is 0 Å². The first-order valence-corrected chi connectivity index (χ1v) is 20.5. The zero-order valence-electron chi connectivity index (χ0n) is 32.5.